The van der Waals surface area contributed by atoms with E-state index in [2.05, 4.69) is 4.98 Å². The lowest BCUT2D eigenvalue weighted by molar-refractivity contribution is 0.294. The average molecular weight is 293 g/mol. The highest BCUT2D eigenvalue weighted by Crippen LogP contribution is 2.27. The number of benzene rings is 1. The second kappa shape index (κ2) is 7.12. The largest absolute Gasteiger partial charge is 0.487 e. The molecule has 5 heteroatoms. The maximum absolute atomic E-state index is 6.19. The number of methoxy groups -OCH3 is 1. The Hall–Kier alpha value is -1.78. The van der Waals surface area contributed by atoms with Crippen LogP contribution in [-0.4, -0.2) is 18.6 Å². The SMILES string of the molecule is COc1ncccc1COc1ccc(CCN)cc1Cl. The highest BCUT2D eigenvalue weighted by molar-refractivity contribution is 6.32. The molecule has 0 atom stereocenters. The zero-order valence-electron chi connectivity index (χ0n) is 11.3. The highest BCUT2D eigenvalue weighted by Gasteiger charge is 2.07. The van der Waals surface area contributed by atoms with E-state index in [1.807, 2.05) is 30.3 Å². The molecule has 0 aliphatic carbocycles. The molecular formula is C15H17ClN2O2. The molecular weight excluding hydrogens is 276 g/mol. The summed E-state index contributed by atoms with van der Waals surface area (Å²) in [5, 5.41) is 0.582. The predicted octanol–water partition coefficient (Wildman–Crippen LogP) is 2.82. The van der Waals surface area contributed by atoms with Crippen LogP contribution in [0.1, 0.15) is 11.1 Å². The van der Waals surface area contributed by atoms with Gasteiger partial charge in [-0.05, 0) is 42.8 Å². The minimum atomic E-state index is 0.354. The van der Waals surface area contributed by atoms with Crippen molar-refractivity contribution in [3.63, 3.8) is 0 Å². The van der Waals surface area contributed by atoms with Gasteiger partial charge in [-0.2, -0.15) is 0 Å². The molecule has 4 nitrogen and oxygen atoms in total. The van der Waals surface area contributed by atoms with Gasteiger partial charge < -0.3 is 15.2 Å². The van der Waals surface area contributed by atoms with Crippen LogP contribution in [0.4, 0.5) is 0 Å². The first kappa shape index (κ1) is 14.6. The zero-order valence-corrected chi connectivity index (χ0v) is 12.1. The Balaban J connectivity index is 2.07. The summed E-state index contributed by atoms with van der Waals surface area (Å²) in [6.07, 6.45) is 2.48. The first-order valence-corrected chi connectivity index (χ1v) is 6.71. The van der Waals surface area contributed by atoms with Gasteiger partial charge in [0.05, 0.1) is 17.7 Å². The number of ether oxygens (including phenoxy) is 2. The number of nitrogens with zero attached hydrogens (tertiary/aromatic N) is 1. The molecule has 0 fully saturated rings. The molecule has 0 aliphatic rings. The standard InChI is InChI=1S/C15H17ClN2O2/c1-19-15-12(3-2-8-18-15)10-20-14-5-4-11(6-7-17)9-13(14)16/h2-5,8-9H,6-7,10,17H2,1H3. The van der Waals surface area contributed by atoms with Crippen LogP contribution in [0.2, 0.25) is 5.02 Å². The fourth-order valence-electron chi connectivity index (χ4n) is 1.86. The number of rotatable bonds is 6. The topological polar surface area (TPSA) is 57.4 Å². The molecule has 0 saturated heterocycles. The third-order valence-electron chi connectivity index (χ3n) is 2.86. The molecule has 0 unspecified atom stereocenters. The van der Waals surface area contributed by atoms with E-state index < -0.39 is 0 Å². The lowest BCUT2D eigenvalue weighted by Gasteiger charge is -2.11. The summed E-state index contributed by atoms with van der Waals surface area (Å²) in [6, 6.07) is 9.45. The average Bonchev–Trinajstić information content (AvgIpc) is 2.47. The Morgan fingerprint density at radius 3 is 2.85 bits per heavy atom. The van der Waals surface area contributed by atoms with E-state index >= 15 is 0 Å². The van der Waals surface area contributed by atoms with Crippen molar-refractivity contribution < 1.29 is 9.47 Å². The molecule has 0 aliphatic heterocycles. The van der Waals surface area contributed by atoms with Gasteiger partial charge in [0.1, 0.15) is 12.4 Å². The molecule has 2 aromatic rings. The number of hydrogen-bond acceptors (Lipinski definition) is 4. The van der Waals surface area contributed by atoms with E-state index in [1.165, 1.54) is 0 Å². The normalized spacial score (nSPS) is 10.3. The molecule has 0 saturated carbocycles. The highest BCUT2D eigenvalue weighted by atomic mass is 35.5. The van der Waals surface area contributed by atoms with Crippen LogP contribution in [0.5, 0.6) is 11.6 Å². The van der Waals surface area contributed by atoms with E-state index in [9.17, 15) is 0 Å². The summed E-state index contributed by atoms with van der Waals surface area (Å²) < 4.78 is 10.9. The molecule has 0 bridgehead atoms. The fourth-order valence-corrected chi connectivity index (χ4v) is 2.11. The van der Waals surface area contributed by atoms with Gasteiger partial charge in [0.2, 0.25) is 5.88 Å². The first-order chi connectivity index (χ1) is 9.74. The molecule has 1 aromatic carbocycles. The van der Waals surface area contributed by atoms with Crippen LogP contribution >= 0.6 is 11.6 Å². The number of aromatic nitrogens is 1. The van der Waals surface area contributed by atoms with Gasteiger partial charge >= 0.3 is 0 Å². The summed E-state index contributed by atoms with van der Waals surface area (Å²) in [7, 11) is 1.58. The Labute approximate surface area is 123 Å². The van der Waals surface area contributed by atoms with Gasteiger partial charge in [-0.3, -0.25) is 0 Å². The van der Waals surface area contributed by atoms with Crippen LogP contribution in [0.3, 0.4) is 0 Å². The van der Waals surface area contributed by atoms with E-state index in [4.69, 9.17) is 26.8 Å². The van der Waals surface area contributed by atoms with Crippen molar-refractivity contribution in [1.29, 1.82) is 0 Å². The predicted molar refractivity (Wildman–Crippen MR) is 79.3 cm³/mol. The van der Waals surface area contributed by atoms with Crippen molar-refractivity contribution in [2.45, 2.75) is 13.0 Å². The number of pyridine rings is 1. The molecule has 2 N–H and O–H groups in total. The minimum Gasteiger partial charge on any atom is -0.487 e. The van der Waals surface area contributed by atoms with Crippen LogP contribution < -0.4 is 15.2 Å². The van der Waals surface area contributed by atoms with Crippen molar-refractivity contribution in [3.8, 4) is 11.6 Å². The second-order valence-corrected chi connectivity index (χ2v) is 4.67. The Bertz CT molecular complexity index is 576. The van der Waals surface area contributed by atoms with Crippen LogP contribution in [0, 0.1) is 0 Å². The molecule has 0 spiro atoms. The summed E-state index contributed by atoms with van der Waals surface area (Å²) in [5.74, 6) is 1.20. The van der Waals surface area contributed by atoms with Gasteiger partial charge in [-0.25, -0.2) is 4.98 Å². The molecule has 1 heterocycles. The van der Waals surface area contributed by atoms with Crippen molar-refractivity contribution in [1.82, 2.24) is 4.98 Å². The summed E-state index contributed by atoms with van der Waals surface area (Å²) in [5.41, 5.74) is 7.49. The molecule has 2 rings (SSSR count). The molecule has 106 valence electrons. The van der Waals surface area contributed by atoms with Gasteiger partial charge in [0.25, 0.3) is 0 Å². The number of nitrogens with two attached hydrogens (primary N) is 1. The lowest BCUT2D eigenvalue weighted by Crippen LogP contribution is -2.03. The molecule has 0 amide bonds. The summed E-state index contributed by atoms with van der Waals surface area (Å²) in [6.45, 7) is 0.955. The van der Waals surface area contributed by atoms with Gasteiger partial charge in [-0.1, -0.05) is 17.7 Å². The van der Waals surface area contributed by atoms with Gasteiger partial charge in [-0.15, -0.1) is 0 Å². The van der Waals surface area contributed by atoms with E-state index in [0.717, 1.165) is 17.5 Å². The molecule has 1 aromatic heterocycles. The van der Waals surface area contributed by atoms with Crippen molar-refractivity contribution >= 4 is 11.6 Å². The Morgan fingerprint density at radius 1 is 1.30 bits per heavy atom. The van der Waals surface area contributed by atoms with Crippen molar-refractivity contribution in [3.05, 3.63) is 52.7 Å². The smallest absolute Gasteiger partial charge is 0.219 e. The van der Waals surface area contributed by atoms with Crippen molar-refractivity contribution in [2.24, 2.45) is 5.73 Å². The first-order valence-electron chi connectivity index (χ1n) is 6.33. The van der Waals surface area contributed by atoms with Crippen LogP contribution in [0.25, 0.3) is 0 Å². The molecule has 0 radical (unpaired) electrons. The zero-order chi connectivity index (χ0) is 14.4. The lowest BCUT2D eigenvalue weighted by atomic mass is 10.1. The maximum atomic E-state index is 6.19. The third kappa shape index (κ3) is 3.62. The Morgan fingerprint density at radius 2 is 2.15 bits per heavy atom. The third-order valence-corrected chi connectivity index (χ3v) is 3.15. The van der Waals surface area contributed by atoms with E-state index in [1.54, 1.807) is 13.3 Å². The second-order valence-electron chi connectivity index (χ2n) is 4.26. The monoisotopic (exact) mass is 292 g/mol. The van der Waals surface area contributed by atoms with Gasteiger partial charge in [0, 0.05) is 6.20 Å². The van der Waals surface area contributed by atoms with Crippen molar-refractivity contribution in [2.75, 3.05) is 13.7 Å². The summed E-state index contributed by atoms with van der Waals surface area (Å²) >= 11 is 6.19. The molecule has 20 heavy (non-hydrogen) atoms. The van der Waals surface area contributed by atoms with Gasteiger partial charge in [0.15, 0.2) is 0 Å². The quantitative estimate of drug-likeness (QED) is 0.889. The fraction of sp³-hybridized carbons (Fsp3) is 0.267. The van der Waals surface area contributed by atoms with E-state index in [-0.39, 0.29) is 0 Å². The Kier molecular flexibility index (Phi) is 5.21. The number of halogens is 1. The summed E-state index contributed by atoms with van der Waals surface area (Å²) in [4.78, 5) is 4.12. The number of hydrogen-bond donors (Lipinski definition) is 1. The maximum Gasteiger partial charge on any atom is 0.219 e. The van der Waals surface area contributed by atoms with Crippen LogP contribution in [0.15, 0.2) is 36.5 Å². The minimum absolute atomic E-state index is 0.354. The van der Waals surface area contributed by atoms with E-state index in [0.29, 0.717) is 29.8 Å². The van der Waals surface area contributed by atoms with Crippen LogP contribution in [-0.2, 0) is 13.0 Å².